The minimum absolute atomic E-state index is 0.0806. The van der Waals surface area contributed by atoms with Crippen molar-refractivity contribution in [3.63, 3.8) is 0 Å². The number of carbonyl (C=O) groups excluding carboxylic acids is 2. The number of ether oxygens (including phenoxy) is 2. The molecule has 8 heteroatoms. The molecule has 1 fully saturated rings. The molecule has 0 aliphatic carbocycles. The second-order valence-corrected chi connectivity index (χ2v) is 4.69. The summed E-state index contributed by atoms with van der Waals surface area (Å²) in [5.74, 6) is -0.341. The van der Waals surface area contributed by atoms with Crippen molar-refractivity contribution in [1.29, 1.82) is 0 Å². The lowest BCUT2D eigenvalue weighted by atomic mass is 10.3. The van der Waals surface area contributed by atoms with Gasteiger partial charge < -0.3 is 20.1 Å². The van der Waals surface area contributed by atoms with Crippen LogP contribution in [-0.4, -0.2) is 83.0 Å². The van der Waals surface area contributed by atoms with E-state index in [9.17, 15) is 9.59 Å². The largest absolute Gasteiger partial charge is 0.383 e. The van der Waals surface area contributed by atoms with E-state index in [1.165, 1.54) is 0 Å². The summed E-state index contributed by atoms with van der Waals surface area (Å²) in [5.41, 5.74) is 0. The van der Waals surface area contributed by atoms with Crippen molar-refractivity contribution in [3.8, 4) is 0 Å². The Morgan fingerprint density at radius 2 is 2.30 bits per heavy atom. The molecule has 1 rings (SSSR count). The quantitative estimate of drug-likeness (QED) is 0.488. The summed E-state index contributed by atoms with van der Waals surface area (Å²) >= 11 is 0. The number of carbonyl (C=O) groups is 2. The molecule has 0 saturated carbocycles. The van der Waals surface area contributed by atoms with E-state index in [0.717, 1.165) is 13.1 Å². The number of urea groups is 1. The summed E-state index contributed by atoms with van der Waals surface area (Å²) in [6.07, 6.45) is 0.0806. The molecule has 116 valence electrons. The van der Waals surface area contributed by atoms with Crippen molar-refractivity contribution in [1.82, 2.24) is 20.9 Å². The predicted octanol–water partition coefficient (Wildman–Crippen LogP) is -1.62. The number of imide groups is 1. The van der Waals surface area contributed by atoms with Crippen LogP contribution < -0.4 is 16.0 Å². The van der Waals surface area contributed by atoms with Crippen molar-refractivity contribution >= 4 is 11.9 Å². The summed E-state index contributed by atoms with van der Waals surface area (Å²) < 4.78 is 10.3. The number of hydrogen-bond donors (Lipinski definition) is 3. The molecule has 20 heavy (non-hydrogen) atoms. The lowest BCUT2D eigenvalue weighted by Crippen LogP contribution is -2.48. The zero-order valence-electron chi connectivity index (χ0n) is 12.1. The van der Waals surface area contributed by atoms with E-state index in [-0.39, 0.29) is 18.6 Å². The average molecular weight is 288 g/mol. The number of amides is 3. The summed E-state index contributed by atoms with van der Waals surface area (Å²) in [7, 11) is 3.36. The van der Waals surface area contributed by atoms with Crippen LogP contribution in [0.25, 0.3) is 0 Å². The van der Waals surface area contributed by atoms with Crippen LogP contribution in [-0.2, 0) is 14.3 Å². The van der Waals surface area contributed by atoms with E-state index in [1.54, 1.807) is 7.11 Å². The first-order chi connectivity index (χ1) is 9.61. The summed E-state index contributed by atoms with van der Waals surface area (Å²) in [6.45, 7) is 3.91. The highest BCUT2D eigenvalue weighted by Crippen LogP contribution is 1.98. The van der Waals surface area contributed by atoms with E-state index in [0.29, 0.717) is 26.3 Å². The van der Waals surface area contributed by atoms with Gasteiger partial charge in [0.2, 0.25) is 5.91 Å². The number of methoxy groups -OCH3 is 1. The van der Waals surface area contributed by atoms with Crippen LogP contribution in [0.5, 0.6) is 0 Å². The maximum absolute atomic E-state index is 11.6. The molecule has 3 amide bonds. The Bertz CT molecular complexity index is 308. The Morgan fingerprint density at radius 3 is 2.95 bits per heavy atom. The van der Waals surface area contributed by atoms with Gasteiger partial charge in [0, 0.05) is 33.3 Å². The fourth-order valence-corrected chi connectivity index (χ4v) is 1.87. The van der Waals surface area contributed by atoms with Gasteiger partial charge in [0.15, 0.2) is 0 Å². The molecule has 1 aliphatic heterocycles. The highest BCUT2D eigenvalue weighted by atomic mass is 16.5. The van der Waals surface area contributed by atoms with Gasteiger partial charge in [-0.25, -0.2) is 4.79 Å². The van der Waals surface area contributed by atoms with Crippen LogP contribution in [0, 0.1) is 0 Å². The number of hydrogen-bond acceptors (Lipinski definition) is 6. The molecule has 0 bridgehead atoms. The Balaban J connectivity index is 2.15. The molecule has 0 aromatic rings. The van der Waals surface area contributed by atoms with Crippen molar-refractivity contribution in [3.05, 3.63) is 0 Å². The van der Waals surface area contributed by atoms with Crippen molar-refractivity contribution in [2.75, 3.05) is 60.1 Å². The van der Waals surface area contributed by atoms with Crippen LogP contribution in [0.1, 0.15) is 0 Å². The van der Waals surface area contributed by atoms with E-state index in [1.807, 2.05) is 11.9 Å². The molecular formula is C12H24N4O4. The van der Waals surface area contributed by atoms with Crippen LogP contribution in [0.4, 0.5) is 4.79 Å². The number of nitrogens with one attached hydrogen (secondary N) is 3. The molecule has 1 heterocycles. The minimum Gasteiger partial charge on any atom is -0.383 e. The molecule has 8 nitrogen and oxygen atoms in total. The smallest absolute Gasteiger partial charge is 0.321 e. The van der Waals surface area contributed by atoms with Crippen molar-refractivity contribution in [2.45, 2.75) is 6.10 Å². The lowest BCUT2D eigenvalue weighted by Gasteiger charge is -2.27. The first-order valence-corrected chi connectivity index (χ1v) is 6.69. The van der Waals surface area contributed by atoms with Crippen molar-refractivity contribution < 1.29 is 19.1 Å². The van der Waals surface area contributed by atoms with Gasteiger partial charge >= 0.3 is 6.03 Å². The molecule has 0 aromatic heterocycles. The van der Waals surface area contributed by atoms with Crippen LogP contribution >= 0.6 is 0 Å². The second kappa shape index (κ2) is 9.65. The van der Waals surface area contributed by atoms with Crippen molar-refractivity contribution in [2.24, 2.45) is 0 Å². The standard InChI is InChI=1S/C12H24N4O4/c1-16(8-10-7-13-3-6-20-10)9-11(17)15-12(18)14-4-5-19-2/h10,13H,3-9H2,1-2H3,(H2,14,15,17,18). The maximum atomic E-state index is 11.6. The number of nitrogens with zero attached hydrogens (tertiary/aromatic N) is 1. The number of likely N-dealkylation sites (N-methyl/N-ethyl adjacent to an activating group) is 1. The fourth-order valence-electron chi connectivity index (χ4n) is 1.87. The summed E-state index contributed by atoms with van der Waals surface area (Å²) in [5, 5.41) is 8.01. The zero-order chi connectivity index (χ0) is 14.8. The molecule has 3 N–H and O–H groups in total. The fraction of sp³-hybridized carbons (Fsp3) is 0.833. The van der Waals surface area contributed by atoms with Gasteiger partial charge in [-0.15, -0.1) is 0 Å². The Hall–Kier alpha value is -1.22. The molecule has 1 atom stereocenters. The highest BCUT2D eigenvalue weighted by Gasteiger charge is 2.17. The van der Waals surface area contributed by atoms with Gasteiger partial charge in [-0.1, -0.05) is 0 Å². The van der Waals surface area contributed by atoms with Gasteiger partial charge in [0.05, 0.1) is 25.9 Å². The Labute approximate surface area is 119 Å². The lowest BCUT2D eigenvalue weighted by molar-refractivity contribution is -0.121. The Kier molecular flexibility index (Phi) is 8.12. The highest BCUT2D eigenvalue weighted by molar-refractivity contribution is 5.95. The molecule has 1 saturated heterocycles. The normalized spacial score (nSPS) is 18.9. The third-order valence-corrected chi connectivity index (χ3v) is 2.78. The van der Waals surface area contributed by atoms with Gasteiger partial charge in [-0.2, -0.15) is 0 Å². The zero-order valence-corrected chi connectivity index (χ0v) is 12.1. The molecule has 0 radical (unpaired) electrons. The first-order valence-electron chi connectivity index (χ1n) is 6.69. The third-order valence-electron chi connectivity index (χ3n) is 2.78. The number of morpholine rings is 1. The molecule has 0 aromatic carbocycles. The average Bonchev–Trinajstić information content (AvgIpc) is 2.39. The topological polar surface area (TPSA) is 91.9 Å². The molecule has 1 unspecified atom stereocenters. The SMILES string of the molecule is COCCNC(=O)NC(=O)CN(C)CC1CNCCO1. The van der Waals surface area contributed by atoms with Gasteiger partial charge in [-0.05, 0) is 7.05 Å². The number of rotatable bonds is 7. The monoisotopic (exact) mass is 288 g/mol. The van der Waals surface area contributed by atoms with Gasteiger partial charge in [-0.3, -0.25) is 15.0 Å². The van der Waals surface area contributed by atoms with E-state index in [2.05, 4.69) is 16.0 Å². The van der Waals surface area contributed by atoms with Gasteiger partial charge in [0.1, 0.15) is 0 Å². The summed E-state index contributed by atoms with van der Waals surface area (Å²) in [6, 6.07) is -0.504. The van der Waals surface area contributed by atoms with Crippen LogP contribution in [0.3, 0.4) is 0 Å². The molecule has 0 spiro atoms. The second-order valence-electron chi connectivity index (χ2n) is 4.69. The molecular weight excluding hydrogens is 264 g/mol. The maximum Gasteiger partial charge on any atom is 0.321 e. The van der Waals surface area contributed by atoms with Gasteiger partial charge in [0.25, 0.3) is 0 Å². The van der Waals surface area contributed by atoms with E-state index in [4.69, 9.17) is 9.47 Å². The summed E-state index contributed by atoms with van der Waals surface area (Å²) in [4.78, 5) is 24.8. The third kappa shape index (κ3) is 7.39. The van der Waals surface area contributed by atoms with E-state index >= 15 is 0 Å². The van der Waals surface area contributed by atoms with Crippen LogP contribution in [0.2, 0.25) is 0 Å². The molecule has 1 aliphatic rings. The predicted molar refractivity (Wildman–Crippen MR) is 73.5 cm³/mol. The Morgan fingerprint density at radius 1 is 1.50 bits per heavy atom. The minimum atomic E-state index is -0.504. The van der Waals surface area contributed by atoms with Crippen LogP contribution in [0.15, 0.2) is 0 Å². The first kappa shape index (κ1) is 16.8. The van der Waals surface area contributed by atoms with E-state index < -0.39 is 6.03 Å².